The Balaban J connectivity index is 2.38. The highest BCUT2D eigenvalue weighted by molar-refractivity contribution is 7.90. The molecule has 0 bridgehead atoms. The number of ether oxygens (including phenoxy) is 1. The van der Waals surface area contributed by atoms with E-state index in [2.05, 4.69) is 10.6 Å². The van der Waals surface area contributed by atoms with Gasteiger partial charge in [0.15, 0.2) is 0 Å². The van der Waals surface area contributed by atoms with Crippen LogP contribution in [0.25, 0.3) is 0 Å². The fourth-order valence-electron chi connectivity index (χ4n) is 1.48. The van der Waals surface area contributed by atoms with Crippen molar-refractivity contribution in [3.05, 3.63) is 29.8 Å². The number of carbonyl (C=O) groups is 2. The van der Waals surface area contributed by atoms with E-state index in [-0.39, 0.29) is 24.8 Å². The van der Waals surface area contributed by atoms with Gasteiger partial charge in [0.25, 0.3) is 0 Å². The maximum Gasteiger partial charge on any atom is 0.407 e. The summed E-state index contributed by atoms with van der Waals surface area (Å²) in [5, 5.41) is 4.98. The molecule has 2 amide bonds. The molecule has 0 aliphatic heterocycles. The Morgan fingerprint density at radius 1 is 1.26 bits per heavy atom. The Hall–Kier alpha value is -2.13. The SMILES string of the molecule is C[C@H](N)C(=O)Nc1ccc(COC(=O)NCCS(C)(=O)=O)cc1. The Morgan fingerprint density at radius 3 is 2.39 bits per heavy atom. The van der Waals surface area contributed by atoms with E-state index in [1.165, 1.54) is 0 Å². The minimum absolute atomic E-state index is 0.0000900. The second-order valence-electron chi connectivity index (χ2n) is 5.11. The third-order valence-electron chi connectivity index (χ3n) is 2.75. The molecule has 0 fully saturated rings. The highest BCUT2D eigenvalue weighted by Crippen LogP contribution is 2.10. The molecule has 1 rings (SSSR count). The summed E-state index contributed by atoms with van der Waals surface area (Å²) in [6, 6.07) is 6.12. The molecule has 0 aliphatic rings. The van der Waals surface area contributed by atoms with Crippen LogP contribution in [-0.4, -0.2) is 45.0 Å². The lowest BCUT2D eigenvalue weighted by Crippen LogP contribution is -2.32. The first-order valence-electron chi connectivity index (χ1n) is 6.91. The molecule has 0 aromatic heterocycles. The monoisotopic (exact) mass is 343 g/mol. The van der Waals surface area contributed by atoms with Crippen molar-refractivity contribution in [3.8, 4) is 0 Å². The average molecular weight is 343 g/mol. The van der Waals surface area contributed by atoms with Crippen LogP contribution in [0.5, 0.6) is 0 Å². The Kier molecular flexibility index (Phi) is 6.98. The summed E-state index contributed by atoms with van der Waals surface area (Å²) in [4.78, 5) is 22.8. The molecule has 1 atom stereocenters. The summed E-state index contributed by atoms with van der Waals surface area (Å²) in [5.74, 6) is -0.435. The standard InChI is InChI=1S/C14H21N3O5S/c1-10(15)13(18)17-12-5-3-11(4-6-12)9-22-14(19)16-7-8-23(2,20)21/h3-6,10H,7-9,15H2,1-2H3,(H,16,19)(H,17,18)/t10-/m0/s1. The lowest BCUT2D eigenvalue weighted by Gasteiger charge is -2.09. The highest BCUT2D eigenvalue weighted by atomic mass is 32.2. The molecule has 0 spiro atoms. The molecule has 8 nitrogen and oxygen atoms in total. The molecular weight excluding hydrogens is 322 g/mol. The lowest BCUT2D eigenvalue weighted by atomic mass is 10.2. The Labute approximate surface area is 135 Å². The third kappa shape index (κ3) is 8.17. The van der Waals surface area contributed by atoms with Crippen molar-refractivity contribution in [2.75, 3.05) is 23.9 Å². The van der Waals surface area contributed by atoms with Crippen molar-refractivity contribution in [2.45, 2.75) is 19.6 Å². The number of carbonyl (C=O) groups excluding carboxylic acids is 2. The smallest absolute Gasteiger partial charge is 0.407 e. The second-order valence-corrected chi connectivity index (χ2v) is 7.37. The molecule has 4 N–H and O–H groups in total. The van der Waals surface area contributed by atoms with Crippen molar-refractivity contribution in [2.24, 2.45) is 5.73 Å². The van der Waals surface area contributed by atoms with Crippen LogP contribution in [0.3, 0.4) is 0 Å². The van der Waals surface area contributed by atoms with Crippen LogP contribution in [-0.2, 0) is 26.0 Å². The first-order valence-corrected chi connectivity index (χ1v) is 8.97. The van der Waals surface area contributed by atoms with E-state index >= 15 is 0 Å². The van der Waals surface area contributed by atoms with E-state index in [0.717, 1.165) is 11.8 Å². The maximum atomic E-state index is 11.4. The van der Waals surface area contributed by atoms with Gasteiger partial charge in [0.1, 0.15) is 16.4 Å². The first-order chi connectivity index (χ1) is 10.7. The van der Waals surface area contributed by atoms with Gasteiger partial charge in [-0.15, -0.1) is 0 Å². The Morgan fingerprint density at radius 2 is 1.87 bits per heavy atom. The van der Waals surface area contributed by atoms with E-state index in [0.29, 0.717) is 5.69 Å². The second kappa shape index (κ2) is 8.49. The summed E-state index contributed by atoms with van der Waals surface area (Å²) in [6.07, 6.45) is 0.397. The van der Waals surface area contributed by atoms with Crippen LogP contribution < -0.4 is 16.4 Å². The zero-order chi connectivity index (χ0) is 17.5. The number of nitrogens with two attached hydrogens (primary N) is 1. The van der Waals surface area contributed by atoms with E-state index < -0.39 is 22.0 Å². The first kappa shape index (κ1) is 18.9. The summed E-state index contributed by atoms with van der Waals surface area (Å²) < 4.78 is 26.8. The number of hydrogen-bond acceptors (Lipinski definition) is 6. The van der Waals surface area contributed by atoms with Gasteiger partial charge in [0, 0.05) is 18.5 Å². The number of rotatable bonds is 7. The van der Waals surface area contributed by atoms with Crippen molar-refractivity contribution >= 4 is 27.5 Å². The fourth-order valence-corrected chi connectivity index (χ4v) is 1.95. The van der Waals surface area contributed by atoms with Gasteiger partial charge in [0.05, 0.1) is 11.8 Å². The van der Waals surface area contributed by atoms with Gasteiger partial charge in [-0.1, -0.05) is 12.1 Å². The number of alkyl carbamates (subject to hydrolysis) is 1. The van der Waals surface area contributed by atoms with Gasteiger partial charge in [-0.2, -0.15) is 0 Å². The van der Waals surface area contributed by atoms with Crippen LogP contribution in [0.4, 0.5) is 10.5 Å². The quantitative estimate of drug-likeness (QED) is 0.651. The number of nitrogens with one attached hydrogen (secondary N) is 2. The van der Waals surface area contributed by atoms with Gasteiger partial charge in [-0.05, 0) is 24.6 Å². The third-order valence-corrected chi connectivity index (χ3v) is 3.69. The molecule has 0 unspecified atom stereocenters. The molecule has 0 radical (unpaired) electrons. The number of anilines is 1. The predicted molar refractivity (Wildman–Crippen MR) is 86.6 cm³/mol. The highest BCUT2D eigenvalue weighted by Gasteiger charge is 2.08. The van der Waals surface area contributed by atoms with Crippen LogP contribution >= 0.6 is 0 Å². The minimum Gasteiger partial charge on any atom is -0.445 e. The fraction of sp³-hybridized carbons (Fsp3) is 0.429. The molecule has 0 saturated carbocycles. The zero-order valence-electron chi connectivity index (χ0n) is 13.0. The van der Waals surface area contributed by atoms with Crippen molar-refractivity contribution in [1.82, 2.24) is 5.32 Å². The normalized spacial score (nSPS) is 12.3. The zero-order valence-corrected chi connectivity index (χ0v) is 13.9. The van der Waals surface area contributed by atoms with Crippen molar-refractivity contribution in [3.63, 3.8) is 0 Å². The Bertz CT molecular complexity index is 641. The number of benzene rings is 1. The van der Waals surface area contributed by atoms with E-state index in [1.54, 1.807) is 31.2 Å². The molecule has 1 aromatic carbocycles. The molecule has 0 aliphatic carbocycles. The lowest BCUT2D eigenvalue weighted by molar-refractivity contribution is -0.117. The number of hydrogen-bond donors (Lipinski definition) is 3. The van der Waals surface area contributed by atoms with E-state index in [1.807, 2.05) is 0 Å². The van der Waals surface area contributed by atoms with Gasteiger partial charge < -0.3 is 21.1 Å². The summed E-state index contributed by atoms with van der Waals surface area (Å²) in [5.41, 5.74) is 6.76. The van der Waals surface area contributed by atoms with Crippen LogP contribution in [0, 0.1) is 0 Å². The molecule has 0 heterocycles. The van der Waals surface area contributed by atoms with Gasteiger partial charge in [0.2, 0.25) is 5.91 Å². The van der Waals surface area contributed by atoms with Gasteiger partial charge >= 0.3 is 6.09 Å². The summed E-state index contributed by atoms with van der Waals surface area (Å²) in [7, 11) is -3.12. The molecule has 23 heavy (non-hydrogen) atoms. The van der Waals surface area contributed by atoms with Gasteiger partial charge in [-0.3, -0.25) is 4.79 Å². The molecule has 128 valence electrons. The van der Waals surface area contributed by atoms with Gasteiger partial charge in [-0.25, -0.2) is 13.2 Å². The largest absolute Gasteiger partial charge is 0.445 e. The van der Waals surface area contributed by atoms with Crippen molar-refractivity contribution < 1.29 is 22.7 Å². The topological polar surface area (TPSA) is 128 Å². The van der Waals surface area contributed by atoms with Crippen LogP contribution in [0.15, 0.2) is 24.3 Å². The average Bonchev–Trinajstić information content (AvgIpc) is 2.45. The maximum absolute atomic E-state index is 11.4. The molecular formula is C14H21N3O5S. The van der Waals surface area contributed by atoms with Crippen molar-refractivity contribution in [1.29, 1.82) is 0 Å². The predicted octanol–water partition coefficient (Wildman–Crippen LogP) is 0.243. The van der Waals surface area contributed by atoms with Crippen LogP contribution in [0.2, 0.25) is 0 Å². The number of sulfone groups is 1. The van der Waals surface area contributed by atoms with E-state index in [9.17, 15) is 18.0 Å². The molecule has 1 aromatic rings. The minimum atomic E-state index is -3.12. The summed E-state index contributed by atoms with van der Waals surface area (Å²) in [6.45, 7) is 1.62. The number of amides is 2. The molecule has 0 saturated heterocycles. The van der Waals surface area contributed by atoms with Crippen LogP contribution in [0.1, 0.15) is 12.5 Å². The van der Waals surface area contributed by atoms with E-state index in [4.69, 9.17) is 10.5 Å². The molecule has 9 heteroatoms. The summed E-state index contributed by atoms with van der Waals surface area (Å²) >= 11 is 0.